The zero-order chi connectivity index (χ0) is 13.5. The second-order valence-corrected chi connectivity index (χ2v) is 3.13. The van der Waals surface area contributed by atoms with Gasteiger partial charge in [0.1, 0.15) is 18.4 Å². The van der Waals surface area contributed by atoms with Crippen LogP contribution in [0.1, 0.15) is 5.56 Å². The van der Waals surface area contributed by atoms with Crippen molar-refractivity contribution in [3.63, 3.8) is 0 Å². The molecule has 0 bridgehead atoms. The highest BCUT2D eigenvalue weighted by Gasteiger charge is 2.11. The molecule has 18 heavy (non-hydrogen) atoms. The Morgan fingerprint density at radius 1 is 1.61 bits per heavy atom. The first-order chi connectivity index (χ1) is 8.54. The topological polar surface area (TPSA) is 125 Å². The average Bonchev–Trinajstić information content (AvgIpc) is 2.34. The van der Waals surface area contributed by atoms with Crippen LogP contribution in [-0.2, 0) is 0 Å². The first-order valence-electron chi connectivity index (χ1n) is 4.82. The molecule has 1 amide bonds. The summed E-state index contributed by atoms with van der Waals surface area (Å²) in [5.41, 5.74) is -0.0499. The number of nitro groups is 1. The van der Waals surface area contributed by atoms with Gasteiger partial charge in [0.15, 0.2) is 0 Å². The molecule has 0 saturated heterocycles. The molecule has 1 rings (SSSR count). The van der Waals surface area contributed by atoms with Crippen molar-refractivity contribution in [2.45, 2.75) is 0 Å². The number of nitrogens with zero attached hydrogens (tertiary/aromatic N) is 2. The van der Waals surface area contributed by atoms with E-state index in [1.165, 1.54) is 12.1 Å². The molecule has 0 unspecified atom stereocenters. The second kappa shape index (κ2) is 6.05. The quantitative estimate of drug-likeness (QED) is 0.458. The molecule has 0 atom stereocenters. The fraction of sp³-hybridized carbons (Fsp3) is 0.200. The average molecular weight is 251 g/mol. The Kier molecular flexibility index (Phi) is 4.45. The van der Waals surface area contributed by atoms with Crippen LogP contribution in [0.3, 0.4) is 0 Å². The first kappa shape index (κ1) is 13.2. The Morgan fingerprint density at radius 2 is 2.33 bits per heavy atom. The monoisotopic (exact) mass is 251 g/mol. The number of carbonyl (C=O) groups is 1. The molecule has 0 aromatic heterocycles. The summed E-state index contributed by atoms with van der Waals surface area (Å²) in [5, 5.41) is 29.7. The summed E-state index contributed by atoms with van der Waals surface area (Å²) in [5.74, 6) is 0.0545. The van der Waals surface area contributed by atoms with E-state index in [9.17, 15) is 14.9 Å². The summed E-state index contributed by atoms with van der Waals surface area (Å²) in [6, 6.07) is 5.42. The molecule has 8 heteroatoms. The fourth-order valence-electron chi connectivity index (χ4n) is 1.16. The van der Waals surface area contributed by atoms with Gasteiger partial charge in [0.05, 0.1) is 23.1 Å². The van der Waals surface area contributed by atoms with E-state index >= 15 is 0 Å². The Hall–Kier alpha value is -2.82. The maximum absolute atomic E-state index is 10.5. The second-order valence-electron chi connectivity index (χ2n) is 3.13. The van der Waals surface area contributed by atoms with E-state index in [2.05, 4.69) is 5.32 Å². The Balaban J connectivity index is 2.73. The van der Waals surface area contributed by atoms with Crippen molar-refractivity contribution in [2.75, 3.05) is 13.2 Å². The van der Waals surface area contributed by atoms with Crippen LogP contribution in [-0.4, -0.2) is 29.3 Å². The molecule has 0 heterocycles. The molecule has 0 aliphatic heterocycles. The molecule has 0 fully saturated rings. The predicted molar refractivity (Wildman–Crippen MR) is 59.3 cm³/mol. The molecule has 94 valence electrons. The molecule has 0 aliphatic rings. The summed E-state index contributed by atoms with van der Waals surface area (Å²) in [4.78, 5) is 20.1. The smallest absolute Gasteiger partial charge is 0.404 e. The van der Waals surface area contributed by atoms with Crippen molar-refractivity contribution < 1.29 is 19.6 Å². The third kappa shape index (κ3) is 3.64. The first-order valence-corrected chi connectivity index (χ1v) is 4.82. The van der Waals surface area contributed by atoms with Gasteiger partial charge in [-0.2, -0.15) is 5.26 Å². The van der Waals surface area contributed by atoms with E-state index in [0.29, 0.717) is 0 Å². The van der Waals surface area contributed by atoms with E-state index in [1.54, 1.807) is 0 Å². The number of nitro benzene ring substituents is 1. The predicted octanol–water partition coefficient (Wildman–Crippen LogP) is 1.11. The molecule has 2 N–H and O–H groups in total. The molecule has 0 radical (unpaired) electrons. The summed E-state index contributed by atoms with van der Waals surface area (Å²) in [6.07, 6.45) is -1.20. The molecule has 1 aromatic carbocycles. The molecular formula is C10H9N3O5. The van der Waals surface area contributed by atoms with Crippen molar-refractivity contribution in [2.24, 2.45) is 0 Å². The zero-order valence-electron chi connectivity index (χ0n) is 9.12. The lowest BCUT2D eigenvalue weighted by molar-refractivity contribution is -0.384. The number of ether oxygens (including phenoxy) is 1. The van der Waals surface area contributed by atoms with Crippen molar-refractivity contribution in [3.05, 3.63) is 33.9 Å². The van der Waals surface area contributed by atoms with Crippen LogP contribution in [0.4, 0.5) is 10.5 Å². The molecule has 1 aromatic rings. The number of amides is 1. The summed E-state index contributed by atoms with van der Waals surface area (Å²) < 4.78 is 5.12. The minimum atomic E-state index is -1.20. The van der Waals surface area contributed by atoms with E-state index in [1.807, 2.05) is 6.07 Å². The number of nitrogens with one attached hydrogen (secondary N) is 1. The van der Waals surface area contributed by atoms with Crippen LogP contribution in [0, 0.1) is 21.4 Å². The van der Waals surface area contributed by atoms with Crippen molar-refractivity contribution >= 4 is 11.8 Å². The SMILES string of the molecule is N#Cc1ccc([N+](=O)[O-])cc1OCCNC(=O)O. The van der Waals surface area contributed by atoms with E-state index < -0.39 is 11.0 Å². The molecule has 0 aliphatic carbocycles. The van der Waals surface area contributed by atoms with Gasteiger partial charge in [-0.3, -0.25) is 10.1 Å². The number of benzene rings is 1. The third-order valence-electron chi connectivity index (χ3n) is 1.93. The Morgan fingerprint density at radius 3 is 2.89 bits per heavy atom. The Bertz CT molecular complexity index is 509. The van der Waals surface area contributed by atoms with Gasteiger partial charge in [0, 0.05) is 6.07 Å². The molecule has 0 saturated carbocycles. The van der Waals surface area contributed by atoms with E-state index in [-0.39, 0.29) is 30.2 Å². The lowest BCUT2D eigenvalue weighted by Crippen LogP contribution is -2.26. The number of non-ortho nitro benzene ring substituents is 1. The van der Waals surface area contributed by atoms with Gasteiger partial charge in [-0.15, -0.1) is 0 Å². The third-order valence-corrected chi connectivity index (χ3v) is 1.93. The van der Waals surface area contributed by atoms with Gasteiger partial charge in [0.2, 0.25) is 0 Å². The van der Waals surface area contributed by atoms with Gasteiger partial charge >= 0.3 is 6.09 Å². The van der Waals surface area contributed by atoms with Crippen LogP contribution >= 0.6 is 0 Å². The van der Waals surface area contributed by atoms with Gasteiger partial charge in [-0.25, -0.2) is 4.79 Å². The normalized spacial score (nSPS) is 9.28. The highest BCUT2D eigenvalue weighted by molar-refractivity contribution is 5.64. The van der Waals surface area contributed by atoms with Gasteiger partial charge in [-0.1, -0.05) is 0 Å². The molecule has 0 spiro atoms. The van der Waals surface area contributed by atoms with Crippen LogP contribution in [0.25, 0.3) is 0 Å². The zero-order valence-corrected chi connectivity index (χ0v) is 9.12. The van der Waals surface area contributed by atoms with Gasteiger partial charge < -0.3 is 15.2 Å². The van der Waals surface area contributed by atoms with Crippen LogP contribution < -0.4 is 10.1 Å². The number of hydrogen-bond donors (Lipinski definition) is 2. The highest BCUT2D eigenvalue weighted by atomic mass is 16.6. The van der Waals surface area contributed by atoms with E-state index in [0.717, 1.165) is 6.07 Å². The van der Waals surface area contributed by atoms with Crippen LogP contribution in [0.2, 0.25) is 0 Å². The number of rotatable bonds is 5. The molecular weight excluding hydrogens is 242 g/mol. The summed E-state index contributed by atoms with van der Waals surface area (Å²) >= 11 is 0. The number of nitriles is 1. The van der Waals surface area contributed by atoms with Crippen LogP contribution in [0.15, 0.2) is 18.2 Å². The largest absolute Gasteiger partial charge is 0.490 e. The minimum Gasteiger partial charge on any atom is -0.490 e. The van der Waals surface area contributed by atoms with Crippen molar-refractivity contribution in [3.8, 4) is 11.8 Å². The highest BCUT2D eigenvalue weighted by Crippen LogP contribution is 2.23. The fourth-order valence-corrected chi connectivity index (χ4v) is 1.16. The minimum absolute atomic E-state index is 0.0168. The lowest BCUT2D eigenvalue weighted by Gasteiger charge is -2.07. The van der Waals surface area contributed by atoms with E-state index in [4.69, 9.17) is 15.1 Å². The van der Waals surface area contributed by atoms with Crippen molar-refractivity contribution in [1.82, 2.24) is 5.32 Å². The maximum atomic E-state index is 10.5. The van der Waals surface area contributed by atoms with Gasteiger partial charge in [0.25, 0.3) is 5.69 Å². The molecule has 8 nitrogen and oxygen atoms in total. The number of carboxylic acid groups (broad SMARTS) is 1. The lowest BCUT2D eigenvalue weighted by atomic mass is 10.2. The summed E-state index contributed by atoms with van der Waals surface area (Å²) in [6.45, 7) is -0.00889. The standard InChI is InChI=1S/C10H9N3O5/c11-6-7-1-2-8(13(16)17)5-9(7)18-4-3-12-10(14)15/h1-2,5,12H,3-4H2,(H,14,15). The number of hydrogen-bond acceptors (Lipinski definition) is 5. The van der Waals surface area contributed by atoms with Gasteiger partial charge in [-0.05, 0) is 6.07 Å². The Labute approximate surface area is 102 Å². The van der Waals surface area contributed by atoms with Crippen LogP contribution in [0.5, 0.6) is 5.75 Å². The summed E-state index contributed by atoms with van der Waals surface area (Å²) in [7, 11) is 0. The van der Waals surface area contributed by atoms with Crippen molar-refractivity contribution in [1.29, 1.82) is 5.26 Å². The maximum Gasteiger partial charge on any atom is 0.404 e.